The van der Waals surface area contributed by atoms with Crippen LogP contribution in [0, 0.1) is 0 Å². The molecule has 2 aromatic heterocycles. The van der Waals surface area contributed by atoms with Crippen LogP contribution in [0.4, 0.5) is 0 Å². The third kappa shape index (κ3) is 4.09. The quantitative estimate of drug-likeness (QED) is 0.461. The van der Waals surface area contributed by atoms with Crippen LogP contribution in [0.5, 0.6) is 5.75 Å². The third-order valence-corrected chi connectivity index (χ3v) is 5.34. The highest BCUT2D eigenvalue weighted by Crippen LogP contribution is 2.14. The fraction of sp³-hybridized carbons (Fsp3) is 0.182. The first-order chi connectivity index (χ1) is 14.2. The third-order valence-electron chi connectivity index (χ3n) is 4.38. The Kier molecular flexibility index (Phi) is 5.48. The molecule has 4 rings (SSSR count). The summed E-state index contributed by atoms with van der Waals surface area (Å²) < 4.78 is 7.32. The van der Waals surface area contributed by atoms with Crippen LogP contribution < -0.4 is 20.4 Å². The van der Waals surface area contributed by atoms with Crippen LogP contribution >= 0.6 is 11.3 Å². The van der Waals surface area contributed by atoms with Crippen LogP contribution in [-0.2, 0) is 0 Å². The van der Waals surface area contributed by atoms with Crippen molar-refractivity contribution < 1.29 is 4.74 Å². The molecule has 0 amide bonds. The number of rotatable bonds is 6. The van der Waals surface area contributed by atoms with Crippen molar-refractivity contribution in [3.8, 4) is 17.0 Å². The molecule has 0 spiro atoms. The molecule has 0 aliphatic carbocycles. The molecule has 2 heterocycles. The van der Waals surface area contributed by atoms with Gasteiger partial charge in [-0.3, -0.25) is 9.59 Å². The van der Waals surface area contributed by atoms with Crippen molar-refractivity contribution in [2.24, 2.45) is 0 Å². The van der Waals surface area contributed by atoms with Crippen LogP contribution in [0.25, 0.3) is 22.3 Å². The van der Waals surface area contributed by atoms with Gasteiger partial charge in [-0.05, 0) is 30.2 Å². The lowest BCUT2D eigenvalue weighted by Crippen LogP contribution is -2.26. The Balaban J connectivity index is 1.71. The van der Waals surface area contributed by atoms with E-state index in [2.05, 4.69) is 17.0 Å². The number of ether oxygens (including phenoxy) is 1. The number of benzene rings is 2. The summed E-state index contributed by atoms with van der Waals surface area (Å²) in [7, 11) is 0. The van der Waals surface area contributed by atoms with E-state index in [1.165, 1.54) is 4.52 Å². The molecule has 2 aromatic carbocycles. The Labute approximate surface area is 170 Å². The standard InChI is InChI=1S/C22H19N3O3S/c1-2-3-13-28-17-11-9-15(10-12-17)14-18-21(27)25-22(29-18)23-20(26)19(24-25)16-7-5-4-6-8-16/h4-12,14H,2-3,13H2,1H3. The second-order valence-electron chi connectivity index (χ2n) is 6.51. The van der Waals surface area contributed by atoms with Crippen LogP contribution in [-0.4, -0.2) is 21.2 Å². The molecule has 0 bridgehead atoms. The lowest BCUT2D eigenvalue weighted by Gasteiger charge is -2.04. The fourth-order valence-electron chi connectivity index (χ4n) is 2.83. The van der Waals surface area contributed by atoms with Crippen LogP contribution in [0.2, 0.25) is 0 Å². The molecule has 0 radical (unpaired) electrons. The average Bonchev–Trinajstić information content (AvgIpc) is 3.04. The van der Waals surface area contributed by atoms with Crippen molar-refractivity contribution in [3.05, 3.63) is 85.4 Å². The van der Waals surface area contributed by atoms with E-state index in [4.69, 9.17) is 4.74 Å². The van der Waals surface area contributed by atoms with E-state index in [0.717, 1.165) is 35.5 Å². The van der Waals surface area contributed by atoms with Gasteiger partial charge in [0.2, 0.25) is 4.96 Å². The van der Waals surface area contributed by atoms with Crippen LogP contribution in [0.15, 0.2) is 64.2 Å². The van der Waals surface area contributed by atoms with Crippen molar-refractivity contribution >= 4 is 22.4 Å². The molecule has 0 unspecified atom stereocenters. The average molecular weight is 405 g/mol. The molecular weight excluding hydrogens is 386 g/mol. The molecular formula is C22H19N3O3S. The first-order valence-corrected chi connectivity index (χ1v) is 10.2. The highest BCUT2D eigenvalue weighted by atomic mass is 32.1. The second kappa shape index (κ2) is 8.36. The summed E-state index contributed by atoms with van der Waals surface area (Å²) in [6.07, 6.45) is 3.87. The van der Waals surface area contributed by atoms with Crippen molar-refractivity contribution in [1.82, 2.24) is 14.6 Å². The normalized spacial score (nSPS) is 11.8. The van der Waals surface area contributed by atoms with Gasteiger partial charge in [-0.15, -0.1) is 0 Å². The second-order valence-corrected chi connectivity index (χ2v) is 7.52. The number of thiazole rings is 1. The molecule has 4 aromatic rings. The van der Waals surface area contributed by atoms with Crippen molar-refractivity contribution in [3.63, 3.8) is 0 Å². The number of aromatic nitrogens is 3. The SMILES string of the molecule is CCCCOc1ccc(C=c2sc3nc(=O)c(-c4ccccc4)nn3c2=O)cc1. The first-order valence-electron chi connectivity index (χ1n) is 9.39. The van der Waals surface area contributed by atoms with Crippen LogP contribution in [0.3, 0.4) is 0 Å². The van der Waals surface area contributed by atoms with Crippen molar-refractivity contribution in [2.75, 3.05) is 6.61 Å². The van der Waals surface area contributed by atoms with E-state index >= 15 is 0 Å². The minimum absolute atomic E-state index is 0.165. The number of fused-ring (bicyclic) bond motifs is 1. The summed E-state index contributed by atoms with van der Waals surface area (Å²) in [5.41, 5.74) is 0.922. The summed E-state index contributed by atoms with van der Waals surface area (Å²) in [5, 5.41) is 4.26. The number of unbranched alkanes of at least 4 members (excludes halogenated alkanes) is 1. The van der Waals surface area contributed by atoms with Gasteiger partial charge in [0.25, 0.3) is 5.56 Å². The van der Waals surface area contributed by atoms with Crippen molar-refractivity contribution in [1.29, 1.82) is 0 Å². The van der Waals surface area contributed by atoms with E-state index in [9.17, 15) is 9.59 Å². The first kappa shape index (κ1) is 19.0. The molecule has 0 saturated carbocycles. The number of hydrogen-bond donors (Lipinski definition) is 0. The molecule has 29 heavy (non-hydrogen) atoms. The summed E-state index contributed by atoms with van der Waals surface area (Å²) in [5.74, 6) is 0.801. The van der Waals surface area contributed by atoms with Gasteiger partial charge in [-0.1, -0.05) is 67.1 Å². The van der Waals surface area contributed by atoms with E-state index in [1.54, 1.807) is 18.2 Å². The molecule has 0 aliphatic heterocycles. The molecule has 0 saturated heterocycles. The van der Waals surface area contributed by atoms with E-state index in [1.807, 2.05) is 42.5 Å². The van der Waals surface area contributed by atoms with Gasteiger partial charge >= 0.3 is 5.56 Å². The van der Waals surface area contributed by atoms with E-state index in [-0.39, 0.29) is 16.2 Å². The molecule has 0 aliphatic rings. The van der Waals surface area contributed by atoms with E-state index in [0.29, 0.717) is 16.7 Å². The summed E-state index contributed by atoms with van der Waals surface area (Å²) in [4.78, 5) is 29.5. The zero-order valence-electron chi connectivity index (χ0n) is 15.9. The van der Waals surface area contributed by atoms with E-state index < -0.39 is 5.56 Å². The Bertz CT molecular complexity index is 1300. The lowest BCUT2D eigenvalue weighted by molar-refractivity contribution is 0.309. The van der Waals surface area contributed by atoms with Gasteiger partial charge in [-0.2, -0.15) is 14.6 Å². The molecule has 7 heteroatoms. The fourth-order valence-corrected chi connectivity index (χ4v) is 3.74. The lowest BCUT2D eigenvalue weighted by atomic mass is 10.2. The summed E-state index contributed by atoms with van der Waals surface area (Å²) in [6.45, 7) is 2.81. The minimum atomic E-state index is -0.447. The minimum Gasteiger partial charge on any atom is -0.494 e. The predicted molar refractivity (Wildman–Crippen MR) is 114 cm³/mol. The van der Waals surface area contributed by atoms with Crippen molar-refractivity contribution in [2.45, 2.75) is 19.8 Å². The summed E-state index contributed by atoms with van der Waals surface area (Å²) >= 11 is 1.15. The maximum absolute atomic E-state index is 12.8. The highest BCUT2D eigenvalue weighted by Gasteiger charge is 2.12. The Morgan fingerprint density at radius 2 is 1.83 bits per heavy atom. The van der Waals surface area contributed by atoms with Gasteiger partial charge in [0.1, 0.15) is 5.75 Å². The largest absolute Gasteiger partial charge is 0.494 e. The van der Waals surface area contributed by atoms with Gasteiger partial charge in [-0.25, -0.2) is 0 Å². The maximum Gasteiger partial charge on any atom is 0.300 e. The topological polar surface area (TPSA) is 73.6 Å². The van der Waals surface area contributed by atoms with Gasteiger partial charge < -0.3 is 4.74 Å². The Morgan fingerprint density at radius 3 is 2.55 bits per heavy atom. The van der Waals surface area contributed by atoms with Gasteiger partial charge in [0.15, 0.2) is 5.69 Å². The zero-order valence-corrected chi connectivity index (χ0v) is 16.7. The molecule has 6 nitrogen and oxygen atoms in total. The molecule has 146 valence electrons. The maximum atomic E-state index is 12.8. The Morgan fingerprint density at radius 1 is 1.07 bits per heavy atom. The van der Waals surface area contributed by atoms with Gasteiger partial charge in [0.05, 0.1) is 11.1 Å². The molecule has 0 N–H and O–H groups in total. The van der Waals surface area contributed by atoms with Gasteiger partial charge in [0, 0.05) is 5.56 Å². The predicted octanol–water partition coefficient (Wildman–Crippen LogP) is 2.90. The number of hydrogen-bond acceptors (Lipinski definition) is 6. The monoisotopic (exact) mass is 405 g/mol. The molecule has 0 atom stereocenters. The van der Waals surface area contributed by atoms with Crippen LogP contribution in [0.1, 0.15) is 25.3 Å². The zero-order chi connectivity index (χ0) is 20.2. The summed E-state index contributed by atoms with van der Waals surface area (Å²) in [6, 6.07) is 16.6. The smallest absolute Gasteiger partial charge is 0.300 e. The molecule has 0 fully saturated rings. The highest BCUT2D eigenvalue weighted by molar-refractivity contribution is 7.15. The number of nitrogens with zero attached hydrogens (tertiary/aromatic N) is 3. The Hall–Kier alpha value is -3.32.